The summed E-state index contributed by atoms with van der Waals surface area (Å²) < 4.78 is 0. The number of hydrogen-bond acceptors (Lipinski definition) is 1. The van der Waals surface area contributed by atoms with Crippen molar-refractivity contribution < 1.29 is 0 Å². The van der Waals surface area contributed by atoms with Gasteiger partial charge in [0.1, 0.15) is 0 Å². The quantitative estimate of drug-likeness (QED) is 0.706. The van der Waals surface area contributed by atoms with E-state index in [9.17, 15) is 0 Å². The Morgan fingerprint density at radius 3 is 2.71 bits per heavy atom. The minimum Gasteiger partial charge on any atom is -0.299 e. The molecule has 0 spiro atoms. The fraction of sp³-hybridized carbons (Fsp3) is 0.538. The van der Waals surface area contributed by atoms with E-state index in [0.717, 1.165) is 12.5 Å². The van der Waals surface area contributed by atoms with Crippen LogP contribution >= 0.6 is 0 Å². The van der Waals surface area contributed by atoms with Crippen molar-refractivity contribution in [2.75, 3.05) is 13.1 Å². The molecule has 1 saturated heterocycles. The SMILES string of the molecule is CC[C@H]1CCN(Cc2ccccc2)C1. The molecule has 1 aliphatic heterocycles. The van der Waals surface area contributed by atoms with Crippen molar-refractivity contribution in [3.05, 3.63) is 35.9 Å². The topological polar surface area (TPSA) is 3.24 Å². The van der Waals surface area contributed by atoms with E-state index in [1.165, 1.54) is 31.5 Å². The Morgan fingerprint density at radius 2 is 2.07 bits per heavy atom. The molecule has 76 valence electrons. The third kappa shape index (κ3) is 2.36. The van der Waals surface area contributed by atoms with Gasteiger partial charge in [0.2, 0.25) is 0 Å². The van der Waals surface area contributed by atoms with Crippen molar-refractivity contribution in [2.24, 2.45) is 5.92 Å². The number of likely N-dealkylation sites (tertiary alicyclic amines) is 1. The molecule has 1 nitrogen and oxygen atoms in total. The largest absolute Gasteiger partial charge is 0.299 e. The number of rotatable bonds is 3. The summed E-state index contributed by atoms with van der Waals surface area (Å²) in [6.07, 6.45) is 2.73. The van der Waals surface area contributed by atoms with E-state index in [2.05, 4.69) is 42.2 Å². The van der Waals surface area contributed by atoms with Crippen molar-refractivity contribution in [2.45, 2.75) is 26.3 Å². The standard InChI is InChI=1S/C13H19N/c1-2-12-8-9-14(10-12)11-13-6-4-3-5-7-13/h3-7,12H,2,8-11H2,1H3/t12-/m0/s1. The molecular weight excluding hydrogens is 170 g/mol. The van der Waals surface area contributed by atoms with Crippen LogP contribution in [0.1, 0.15) is 25.3 Å². The van der Waals surface area contributed by atoms with Crippen LogP contribution in [0.5, 0.6) is 0 Å². The minimum atomic E-state index is 0.943. The van der Waals surface area contributed by atoms with Crippen LogP contribution < -0.4 is 0 Å². The molecule has 1 aromatic rings. The van der Waals surface area contributed by atoms with Crippen LogP contribution in [0.3, 0.4) is 0 Å². The lowest BCUT2D eigenvalue weighted by Crippen LogP contribution is -2.19. The predicted molar refractivity (Wildman–Crippen MR) is 60.1 cm³/mol. The second-order valence-corrected chi connectivity index (χ2v) is 4.28. The maximum Gasteiger partial charge on any atom is 0.0233 e. The van der Waals surface area contributed by atoms with E-state index >= 15 is 0 Å². The lowest BCUT2D eigenvalue weighted by molar-refractivity contribution is 0.315. The molecule has 0 amide bonds. The first kappa shape index (κ1) is 9.72. The Morgan fingerprint density at radius 1 is 1.29 bits per heavy atom. The summed E-state index contributed by atoms with van der Waals surface area (Å²) in [6.45, 7) is 6.02. The van der Waals surface area contributed by atoms with Crippen LogP contribution in [0.2, 0.25) is 0 Å². The van der Waals surface area contributed by atoms with Crippen LogP contribution in [-0.4, -0.2) is 18.0 Å². The first-order valence-electron chi connectivity index (χ1n) is 5.64. The number of benzene rings is 1. The number of hydrogen-bond donors (Lipinski definition) is 0. The van der Waals surface area contributed by atoms with Crippen molar-refractivity contribution in [3.63, 3.8) is 0 Å². The second-order valence-electron chi connectivity index (χ2n) is 4.28. The fourth-order valence-electron chi connectivity index (χ4n) is 2.23. The van der Waals surface area contributed by atoms with Crippen LogP contribution in [0.15, 0.2) is 30.3 Å². The highest BCUT2D eigenvalue weighted by Gasteiger charge is 2.20. The molecule has 0 aromatic heterocycles. The highest BCUT2D eigenvalue weighted by molar-refractivity contribution is 5.14. The summed E-state index contributed by atoms with van der Waals surface area (Å²) in [5.74, 6) is 0.943. The normalized spacial score (nSPS) is 22.8. The third-order valence-corrected chi connectivity index (χ3v) is 3.20. The van der Waals surface area contributed by atoms with Gasteiger partial charge in [-0.15, -0.1) is 0 Å². The Kier molecular flexibility index (Phi) is 3.20. The van der Waals surface area contributed by atoms with E-state index in [1.54, 1.807) is 0 Å². The molecule has 1 heterocycles. The van der Waals surface area contributed by atoms with Crippen molar-refractivity contribution in [1.82, 2.24) is 4.90 Å². The van der Waals surface area contributed by atoms with Gasteiger partial charge in [0.25, 0.3) is 0 Å². The van der Waals surface area contributed by atoms with Gasteiger partial charge in [-0.1, -0.05) is 43.7 Å². The Balaban J connectivity index is 1.88. The molecule has 0 bridgehead atoms. The van der Waals surface area contributed by atoms with Gasteiger partial charge in [-0.2, -0.15) is 0 Å². The van der Waals surface area contributed by atoms with Crippen LogP contribution in [0, 0.1) is 5.92 Å². The van der Waals surface area contributed by atoms with Gasteiger partial charge >= 0.3 is 0 Å². The van der Waals surface area contributed by atoms with Gasteiger partial charge in [-0.05, 0) is 24.4 Å². The van der Waals surface area contributed by atoms with Crippen molar-refractivity contribution >= 4 is 0 Å². The molecule has 1 heteroatoms. The summed E-state index contributed by atoms with van der Waals surface area (Å²) in [6, 6.07) is 10.8. The summed E-state index contributed by atoms with van der Waals surface area (Å²) in [5.41, 5.74) is 1.45. The maximum atomic E-state index is 2.57. The van der Waals surface area contributed by atoms with E-state index in [-0.39, 0.29) is 0 Å². The lowest BCUT2D eigenvalue weighted by Gasteiger charge is -2.15. The van der Waals surface area contributed by atoms with Gasteiger partial charge in [-0.3, -0.25) is 4.90 Å². The third-order valence-electron chi connectivity index (χ3n) is 3.20. The van der Waals surface area contributed by atoms with Crippen LogP contribution in [-0.2, 0) is 6.54 Å². The lowest BCUT2D eigenvalue weighted by atomic mass is 10.1. The fourth-order valence-corrected chi connectivity index (χ4v) is 2.23. The number of nitrogens with zero attached hydrogens (tertiary/aromatic N) is 1. The molecule has 1 atom stereocenters. The molecule has 0 aliphatic carbocycles. The van der Waals surface area contributed by atoms with Gasteiger partial charge in [0.05, 0.1) is 0 Å². The molecule has 0 N–H and O–H groups in total. The zero-order chi connectivity index (χ0) is 9.80. The summed E-state index contributed by atoms with van der Waals surface area (Å²) in [7, 11) is 0. The second kappa shape index (κ2) is 4.61. The van der Waals surface area contributed by atoms with E-state index in [1.807, 2.05) is 0 Å². The van der Waals surface area contributed by atoms with Gasteiger partial charge in [-0.25, -0.2) is 0 Å². The van der Waals surface area contributed by atoms with E-state index < -0.39 is 0 Å². The Bertz CT molecular complexity index is 268. The molecule has 1 aliphatic rings. The summed E-state index contributed by atoms with van der Waals surface area (Å²) >= 11 is 0. The zero-order valence-corrected chi connectivity index (χ0v) is 8.95. The summed E-state index contributed by atoms with van der Waals surface area (Å²) in [5, 5.41) is 0. The summed E-state index contributed by atoms with van der Waals surface area (Å²) in [4.78, 5) is 2.57. The average Bonchev–Trinajstić information content (AvgIpc) is 2.67. The minimum absolute atomic E-state index is 0.943. The van der Waals surface area contributed by atoms with E-state index in [0.29, 0.717) is 0 Å². The monoisotopic (exact) mass is 189 g/mol. The molecule has 0 unspecified atom stereocenters. The smallest absolute Gasteiger partial charge is 0.0233 e. The molecule has 1 fully saturated rings. The van der Waals surface area contributed by atoms with Crippen molar-refractivity contribution in [1.29, 1.82) is 0 Å². The van der Waals surface area contributed by atoms with Crippen LogP contribution in [0.25, 0.3) is 0 Å². The van der Waals surface area contributed by atoms with Gasteiger partial charge in [0, 0.05) is 13.1 Å². The molecule has 0 radical (unpaired) electrons. The Hall–Kier alpha value is -0.820. The van der Waals surface area contributed by atoms with Gasteiger partial charge < -0.3 is 0 Å². The van der Waals surface area contributed by atoms with E-state index in [4.69, 9.17) is 0 Å². The molecule has 0 saturated carbocycles. The molecule has 2 rings (SSSR count). The van der Waals surface area contributed by atoms with Crippen molar-refractivity contribution in [3.8, 4) is 0 Å². The Labute approximate surface area is 86.7 Å². The highest BCUT2D eigenvalue weighted by Crippen LogP contribution is 2.20. The molecule has 14 heavy (non-hydrogen) atoms. The van der Waals surface area contributed by atoms with Gasteiger partial charge in [0.15, 0.2) is 0 Å². The average molecular weight is 189 g/mol. The first-order valence-corrected chi connectivity index (χ1v) is 5.64. The highest BCUT2D eigenvalue weighted by atomic mass is 15.1. The maximum absolute atomic E-state index is 2.57. The first-order chi connectivity index (χ1) is 6.88. The molecular formula is C13H19N. The predicted octanol–water partition coefficient (Wildman–Crippen LogP) is 2.92. The zero-order valence-electron chi connectivity index (χ0n) is 8.95. The van der Waals surface area contributed by atoms with Crippen LogP contribution in [0.4, 0.5) is 0 Å². The molecule has 1 aromatic carbocycles.